The second-order valence-electron chi connectivity index (χ2n) is 5.84. The van der Waals surface area contributed by atoms with E-state index in [2.05, 4.69) is 15.8 Å². The number of aromatic nitrogens is 1. The minimum Gasteiger partial charge on any atom is -0.364 e. The van der Waals surface area contributed by atoms with E-state index in [1.807, 2.05) is 26.0 Å². The fourth-order valence-corrected chi connectivity index (χ4v) is 2.82. The van der Waals surface area contributed by atoms with Gasteiger partial charge in [-0.1, -0.05) is 24.2 Å². The molecule has 8 nitrogen and oxygen atoms in total. The zero-order valence-corrected chi connectivity index (χ0v) is 14.5. The summed E-state index contributed by atoms with van der Waals surface area (Å²) in [4.78, 5) is 38.3. The zero-order valence-electron chi connectivity index (χ0n) is 14.5. The van der Waals surface area contributed by atoms with E-state index in [1.54, 1.807) is 0 Å². The number of carbonyl (C=O) groups is 3. The Morgan fingerprint density at radius 2 is 2.16 bits per heavy atom. The monoisotopic (exact) mass is 348 g/mol. The molecule has 0 spiro atoms. The van der Waals surface area contributed by atoms with Gasteiger partial charge in [0, 0.05) is 31.6 Å². The number of hydrogen-bond donors (Lipinski definition) is 2. The van der Waals surface area contributed by atoms with Gasteiger partial charge >= 0.3 is 0 Å². The molecule has 0 bridgehead atoms. The Bertz CT molecular complexity index is 627. The average molecular weight is 348 g/mol. The molecule has 0 saturated carbocycles. The molecule has 136 valence electrons. The van der Waals surface area contributed by atoms with Gasteiger partial charge in [-0.15, -0.1) is 0 Å². The van der Waals surface area contributed by atoms with Gasteiger partial charge in [-0.2, -0.15) is 0 Å². The van der Waals surface area contributed by atoms with Crippen LogP contribution in [0.25, 0.3) is 0 Å². The zero-order chi connectivity index (χ0) is 18.2. The number of carbonyl (C=O) groups excluding carboxylic acids is 3. The lowest BCUT2D eigenvalue weighted by Gasteiger charge is -2.22. The van der Waals surface area contributed by atoms with Crippen molar-refractivity contribution in [2.45, 2.75) is 45.2 Å². The molecule has 2 rings (SSSR count). The summed E-state index contributed by atoms with van der Waals surface area (Å²) in [7, 11) is 0. The number of nitrogens with zero attached hydrogens (tertiary/aromatic N) is 2. The first kappa shape index (κ1) is 18.7. The first-order valence-electron chi connectivity index (χ1n) is 8.50. The van der Waals surface area contributed by atoms with Crippen molar-refractivity contribution in [3.63, 3.8) is 0 Å². The van der Waals surface area contributed by atoms with Gasteiger partial charge in [-0.05, 0) is 19.8 Å². The van der Waals surface area contributed by atoms with Gasteiger partial charge in [-0.3, -0.25) is 14.4 Å². The third-order valence-electron chi connectivity index (χ3n) is 3.94. The summed E-state index contributed by atoms with van der Waals surface area (Å²) in [5.74, 6) is -0.741. The third kappa shape index (κ3) is 4.91. The first-order valence-corrected chi connectivity index (χ1v) is 8.50. The van der Waals surface area contributed by atoms with Crippen LogP contribution in [0, 0.1) is 0 Å². The van der Waals surface area contributed by atoms with Crippen LogP contribution < -0.4 is 10.6 Å². The van der Waals surface area contributed by atoms with Crippen molar-refractivity contribution in [1.29, 1.82) is 0 Å². The van der Waals surface area contributed by atoms with Crippen LogP contribution in [0.4, 0.5) is 0 Å². The van der Waals surface area contributed by atoms with Crippen LogP contribution in [0.5, 0.6) is 0 Å². The molecular formula is C17H24N4O4. The molecule has 0 aromatic carbocycles. The molecule has 1 aliphatic rings. The van der Waals surface area contributed by atoms with Crippen LogP contribution in [0.3, 0.4) is 0 Å². The highest BCUT2D eigenvalue weighted by Gasteiger charge is 2.40. The topological polar surface area (TPSA) is 105 Å². The fourth-order valence-electron chi connectivity index (χ4n) is 2.82. The van der Waals surface area contributed by atoms with E-state index in [9.17, 15) is 14.4 Å². The van der Waals surface area contributed by atoms with Crippen molar-refractivity contribution in [3.8, 4) is 0 Å². The molecule has 2 N–H and O–H groups in total. The molecule has 1 saturated heterocycles. The normalized spacial score (nSPS) is 20.0. The number of allylic oxidation sites excluding steroid dienone is 1. The number of rotatable bonds is 7. The molecule has 1 aliphatic heterocycles. The minimum atomic E-state index is -0.638. The highest BCUT2D eigenvalue weighted by molar-refractivity contribution is 5.96. The van der Waals surface area contributed by atoms with Gasteiger partial charge in [0.05, 0.1) is 0 Å². The summed E-state index contributed by atoms with van der Waals surface area (Å²) >= 11 is 0. The summed E-state index contributed by atoms with van der Waals surface area (Å²) in [6.45, 7) is 4.54. The maximum Gasteiger partial charge on any atom is 0.276 e. The lowest BCUT2D eigenvalue weighted by atomic mass is 10.1. The predicted octanol–water partition coefficient (Wildman–Crippen LogP) is 0.866. The van der Waals surface area contributed by atoms with Gasteiger partial charge in [0.1, 0.15) is 12.3 Å². The smallest absolute Gasteiger partial charge is 0.276 e. The Morgan fingerprint density at radius 1 is 1.36 bits per heavy atom. The fraction of sp³-hybridized carbons (Fsp3) is 0.529. The quantitative estimate of drug-likeness (QED) is 0.711. The highest BCUT2D eigenvalue weighted by Crippen LogP contribution is 2.21. The van der Waals surface area contributed by atoms with Crippen molar-refractivity contribution in [2.24, 2.45) is 0 Å². The standard InChI is InChI=1S/C17H24N4O4/c1-3-5-6-7-15(22)19-12-10-14(16(23)18-4-2)21(11-12)17(24)13-8-9-25-20-13/h5-6,8-9,12,14H,3-4,7,10-11H2,1-2H3,(H,18,23)(H,19,22)/t12-,14-/m0/s1. The van der Waals surface area contributed by atoms with Crippen molar-refractivity contribution >= 4 is 17.7 Å². The van der Waals surface area contributed by atoms with E-state index in [0.29, 0.717) is 13.0 Å². The van der Waals surface area contributed by atoms with Gasteiger partial charge in [0.25, 0.3) is 5.91 Å². The average Bonchev–Trinajstić information content (AvgIpc) is 3.24. The van der Waals surface area contributed by atoms with Gasteiger partial charge < -0.3 is 20.1 Å². The van der Waals surface area contributed by atoms with Gasteiger partial charge in [-0.25, -0.2) is 0 Å². The maximum atomic E-state index is 12.6. The lowest BCUT2D eigenvalue weighted by molar-refractivity contribution is -0.125. The number of hydrogen-bond acceptors (Lipinski definition) is 5. The Balaban J connectivity index is 2.05. The summed E-state index contributed by atoms with van der Waals surface area (Å²) in [6.07, 6.45) is 6.57. The van der Waals surface area contributed by atoms with E-state index >= 15 is 0 Å². The highest BCUT2D eigenvalue weighted by atomic mass is 16.5. The van der Waals surface area contributed by atoms with Crippen molar-refractivity contribution < 1.29 is 18.9 Å². The van der Waals surface area contributed by atoms with Crippen molar-refractivity contribution in [1.82, 2.24) is 20.7 Å². The molecule has 0 unspecified atom stereocenters. The largest absolute Gasteiger partial charge is 0.364 e. The summed E-state index contributed by atoms with van der Waals surface area (Å²) in [5, 5.41) is 9.26. The molecule has 0 aliphatic carbocycles. The maximum absolute atomic E-state index is 12.6. The SMILES string of the molecule is CCC=CCC(=O)N[C@H]1C[C@@H](C(=O)NCC)N(C(=O)c2ccon2)C1. The van der Waals surface area contributed by atoms with E-state index in [4.69, 9.17) is 4.52 Å². The third-order valence-corrected chi connectivity index (χ3v) is 3.94. The molecule has 2 atom stereocenters. The van der Waals surface area contributed by atoms with E-state index in [-0.39, 0.29) is 42.4 Å². The molecule has 3 amide bonds. The molecular weight excluding hydrogens is 324 g/mol. The Kier molecular flexibility index (Phi) is 6.73. The van der Waals surface area contributed by atoms with Crippen LogP contribution in [0.1, 0.15) is 43.6 Å². The van der Waals surface area contributed by atoms with Gasteiger partial charge in [0.15, 0.2) is 5.69 Å². The summed E-state index contributed by atoms with van der Waals surface area (Å²) in [5.41, 5.74) is 0.146. The minimum absolute atomic E-state index is 0.125. The van der Waals surface area contributed by atoms with Crippen LogP contribution in [-0.4, -0.2) is 53.0 Å². The van der Waals surface area contributed by atoms with Gasteiger partial charge in [0.2, 0.25) is 11.8 Å². The predicted molar refractivity (Wildman–Crippen MR) is 90.6 cm³/mol. The molecule has 0 radical (unpaired) electrons. The van der Waals surface area contributed by atoms with Crippen molar-refractivity contribution in [3.05, 3.63) is 30.2 Å². The van der Waals surface area contributed by atoms with E-state index in [0.717, 1.165) is 6.42 Å². The lowest BCUT2D eigenvalue weighted by Crippen LogP contribution is -2.46. The Morgan fingerprint density at radius 3 is 2.80 bits per heavy atom. The van der Waals surface area contributed by atoms with E-state index in [1.165, 1.54) is 17.2 Å². The number of likely N-dealkylation sites (tertiary alicyclic amines) is 1. The van der Waals surface area contributed by atoms with Crippen LogP contribution in [0.15, 0.2) is 29.0 Å². The second kappa shape index (κ2) is 9.00. The Labute approximate surface area is 146 Å². The number of amides is 3. The summed E-state index contributed by atoms with van der Waals surface area (Å²) in [6, 6.07) is 0.546. The van der Waals surface area contributed by atoms with Crippen LogP contribution >= 0.6 is 0 Å². The molecule has 25 heavy (non-hydrogen) atoms. The molecule has 8 heteroatoms. The van der Waals surface area contributed by atoms with Crippen molar-refractivity contribution in [2.75, 3.05) is 13.1 Å². The second-order valence-corrected chi connectivity index (χ2v) is 5.84. The summed E-state index contributed by atoms with van der Waals surface area (Å²) < 4.78 is 4.71. The number of likely N-dealkylation sites (N-methyl/N-ethyl adjacent to an activating group) is 1. The molecule has 1 aromatic heterocycles. The molecule has 1 fully saturated rings. The molecule has 1 aromatic rings. The first-order chi connectivity index (χ1) is 12.1. The number of nitrogens with one attached hydrogen (secondary N) is 2. The van der Waals surface area contributed by atoms with Crippen LogP contribution in [-0.2, 0) is 9.59 Å². The molecule has 2 heterocycles. The Hall–Kier alpha value is -2.64. The van der Waals surface area contributed by atoms with E-state index < -0.39 is 6.04 Å². The van der Waals surface area contributed by atoms with Crippen LogP contribution in [0.2, 0.25) is 0 Å².